The van der Waals surface area contributed by atoms with Crippen LogP contribution in [0.25, 0.3) is 5.76 Å². The predicted molar refractivity (Wildman–Crippen MR) is 128 cm³/mol. The number of ether oxygens (including phenoxy) is 2. The number of Topliss-reactive ketones (excluding diaryl/α,β-unsaturated/α-hetero) is 1. The Labute approximate surface area is 199 Å². The molecular formula is C25H29ClN2O5. The van der Waals surface area contributed by atoms with Crippen molar-refractivity contribution in [3.63, 3.8) is 0 Å². The first kappa shape index (κ1) is 24.6. The summed E-state index contributed by atoms with van der Waals surface area (Å²) in [6, 6.07) is 11.1. The minimum absolute atomic E-state index is 0.0333. The van der Waals surface area contributed by atoms with Crippen LogP contribution in [-0.2, 0) is 9.59 Å². The van der Waals surface area contributed by atoms with Gasteiger partial charge in [0.2, 0.25) is 0 Å². The van der Waals surface area contributed by atoms with Crippen LogP contribution in [0.2, 0.25) is 5.02 Å². The van der Waals surface area contributed by atoms with Crippen molar-refractivity contribution in [3.05, 3.63) is 64.2 Å². The highest BCUT2D eigenvalue weighted by molar-refractivity contribution is 6.46. The van der Waals surface area contributed by atoms with E-state index in [1.807, 2.05) is 13.8 Å². The SMILES string of the molecule is CCN(CC)CCN1C(=O)C(=O)/C(=C(\O)c2ccc(OC)c(Cl)c2)C1c1ccc(OC)cc1. The van der Waals surface area contributed by atoms with Crippen molar-refractivity contribution in [3.8, 4) is 11.5 Å². The molecule has 1 N–H and O–H groups in total. The van der Waals surface area contributed by atoms with Gasteiger partial charge in [0.05, 0.1) is 30.9 Å². The van der Waals surface area contributed by atoms with Gasteiger partial charge in [0.15, 0.2) is 0 Å². The summed E-state index contributed by atoms with van der Waals surface area (Å²) in [7, 11) is 3.06. The van der Waals surface area contributed by atoms with Gasteiger partial charge in [-0.15, -0.1) is 0 Å². The number of methoxy groups -OCH3 is 2. The Hall–Kier alpha value is -3.03. The number of carbonyl (C=O) groups is 2. The number of hydrogen-bond donors (Lipinski definition) is 1. The third-order valence-corrected chi connectivity index (χ3v) is 6.24. The van der Waals surface area contributed by atoms with E-state index < -0.39 is 17.7 Å². The van der Waals surface area contributed by atoms with E-state index in [2.05, 4.69) is 4.90 Å². The summed E-state index contributed by atoms with van der Waals surface area (Å²) < 4.78 is 10.4. The number of benzene rings is 2. The quantitative estimate of drug-likeness (QED) is 0.336. The van der Waals surface area contributed by atoms with Crippen LogP contribution in [0, 0.1) is 0 Å². The Balaban J connectivity index is 2.10. The van der Waals surface area contributed by atoms with Gasteiger partial charge >= 0.3 is 0 Å². The fourth-order valence-corrected chi connectivity index (χ4v) is 4.26. The van der Waals surface area contributed by atoms with Crippen LogP contribution in [0.3, 0.4) is 0 Å². The van der Waals surface area contributed by atoms with E-state index in [1.165, 1.54) is 18.1 Å². The molecule has 1 fully saturated rings. The summed E-state index contributed by atoms with van der Waals surface area (Å²) in [6.45, 7) is 6.72. The second kappa shape index (κ2) is 10.7. The molecule has 0 aliphatic carbocycles. The van der Waals surface area contributed by atoms with Gasteiger partial charge in [-0.1, -0.05) is 37.6 Å². The molecule has 0 saturated carbocycles. The Morgan fingerprint density at radius 3 is 2.27 bits per heavy atom. The van der Waals surface area contributed by atoms with Crippen LogP contribution in [-0.4, -0.2) is 67.0 Å². The lowest BCUT2D eigenvalue weighted by Gasteiger charge is -2.28. The molecule has 3 rings (SSSR count). The van der Waals surface area contributed by atoms with Crippen molar-refractivity contribution in [1.29, 1.82) is 0 Å². The lowest BCUT2D eigenvalue weighted by atomic mass is 9.95. The molecule has 1 aliphatic heterocycles. The molecule has 0 bridgehead atoms. The Kier molecular flexibility index (Phi) is 8.00. The number of ketones is 1. The maximum absolute atomic E-state index is 13.1. The van der Waals surface area contributed by atoms with Gasteiger partial charge in [0.1, 0.15) is 17.3 Å². The first-order valence-corrected chi connectivity index (χ1v) is 11.2. The number of halogens is 1. The zero-order valence-corrected chi connectivity index (χ0v) is 20.1. The third kappa shape index (κ3) is 4.99. The Bertz CT molecular complexity index is 1050. The monoisotopic (exact) mass is 472 g/mol. The minimum atomic E-state index is -0.729. The van der Waals surface area contributed by atoms with Crippen molar-refractivity contribution >= 4 is 29.1 Å². The molecule has 0 spiro atoms. The molecule has 1 atom stereocenters. The summed E-state index contributed by atoms with van der Waals surface area (Å²) in [5.41, 5.74) is 1.07. The molecule has 1 amide bonds. The molecule has 1 heterocycles. The fraction of sp³-hybridized carbons (Fsp3) is 0.360. The maximum Gasteiger partial charge on any atom is 0.295 e. The first-order chi connectivity index (χ1) is 15.9. The van der Waals surface area contributed by atoms with E-state index in [0.717, 1.165) is 13.1 Å². The van der Waals surface area contributed by atoms with E-state index in [4.69, 9.17) is 21.1 Å². The summed E-state index contributed by atoms with van der Waals surface area (Å²) >= 11 is 6.24. The number of hydrogen-bond acceptors (Lipinski definition) is 6. The summed E-state index contributed by atoms with van der Waals surface area (Å²) in [5.74, 6) is -0.534. The molecule has 1 aliphatic rings. The predicted octanol–water partition coefficient (Wildman–Crippen LogP) is 4.12. The summed E-state index contributed by atoms with van der Waals surface area (Å²) in [4.78, 5) is 29.9. The highest BCUT2D eigenvalue weighted by Crippen LogP contribution is 2.40. The highest BCUT2D eigenvalue weighted by atomic mass is 35.5. The molecule has 7 nitrogen and oxygen atoms in total. The number of likely N-dealkylation sites (tertiary alicyclic amines) is 1. The molecule has 0 aromatic heterocycles. The number of likely N-dealkylation sites (N-methyl/N-ethyl adjacent to an activating group) is 1. The van der Waals surface area contributed by atoms with Crippen molar-refractivity contribution in [2.75, 3.05) is 40.4 Å². The van der Waals surface area contributed by atoms with Gasteiger partial charge in [-0.25, -0.2) is 0 Å². The number of aliphatic hydroxyl groups excluding tert-OH is 1. The van der Waals surface area contributed by atoms with Crippen LogP contribution in [0.1, 0.15) is 31.0 Å². The zero-order chi connectivity index (χ0) is 24.1. The van der Waals surface area contributed by atoms with E-state index in [9.17, 15) is 14.7 Å². The molecular weight excluding hydrogens is 444 g/mol. The van der Waals surface area contributed by atoms with Gasteiger partial charge in [-0.05, 0) is 49.0 Å². The molecule has 2 aromatic rings. The van der Waals surface area contributed by atoms with Crippen LogP contribution in [0.15, 0.2) is 48.0 Å². The summed E-state index contributed by atoms with van der Waals surface area (Å²) in [5, 5.41) is 11.5. The van der Waals surface area contributed by atoms with Crippen LogP contribution in [0.5, 0.6) is 11.5 Å². The van der Waals surface area contributed by atoms with Crippen molar-refractivity contribution in [2.24, 2.45) is 0 Å². The molecule has 1 saturated heterocycles. The summed E-state index contributed by atoms with van der Waals surface area (Å²) in [6.07, 6.45) is 0. The van der Waals surface area contributed by atoms with Gasteiger partial charge in [0, 0.05) is 18.7 Å². The molecule has 33 heavy (non-hydrogen) atoms. The van der Waals surface area contributed by atoms with E-state index in [0.29, 0.717) is 40.7 Å². The van der Waals surface area contributed by atoms with Gasteiger partial charge in [-0.3, -0.25) is 9.59 Å². The van der Waals surface area contributed by atoms with Crippen LogP contribution >= 0.6 is 11.6 Å². The smallest absolute Gasteiger partial charge is 0.295 e. The van der Waals surface area contributed by atoms with Crippen molar-refractivity contribution < 1.29 is 24.2 Å². The third-order valence-electron chi connectivity index (χ3n) is 5.95. The van der Waals surface area contributed by atoms with Gasteiger partial charge < -0.3 is 24.4 Å². The number of carbonyl (C=O) groups excluding carboxylic acids is 2. The maximum atomic E-state index is 13.1. The first-order valence-electron chi connectivity index (χ1n) is 10.8. The fourth-order valence-electron chi connectivity index (χ4n) is 4.00. The minimum Gasteiger partial charge on any atom is -0.507 e. The largest absolute Gasteiger partial charge is 0.507 e. The molecule has 1 unspecified atom stereocenters. The van der Waals surface area contributed by atoms with E-state index in [1.54, 1.807) is 43.5 Å². The second-order valence-electron chi connectivity index (χ2n) is 7.64. The van der Waals surface area contributed by atoms with Crippen molar-refractivity contribution in [2.45, 2.75) is 19.9 Å². The average Bonchev–Trinajstić information content (AvgIpc) is 3.09. The topological polar surface area (TPSA) is 79.3 Å². The average molecular weight is 473 g/mol. The lowest BCUT2D eigenvalue weighted by molar-refractivity contribution is -0.140. The molecule has 8 heteroatoms. The Morgan fingerprint density at radius 2 is 1.73 bits per heavy atom. The molecule has 0 radical (unpaired) electrons. The number of aliphatic hydroxyl groups is 1. The highest BCUT2D eigenvalue weighted by Gasteiger charge is 2.46. The molecule has 176 valence electrons. The molecule has 2 aromatic carbocycles. The van der Waals surface area contributed by atoms with Crippen LogP contribution in [0.4, 0.5) is 0 Å². The van der Waals surface area contributed by atoms with Gasteiger partial charge in [0.25, 0.3) is 11.7 Å². The zero-order valence-electron chi connectivity index (χ0n) is 19.3. The van der Waals surface area contributed by atoms with Crippen molar-refractivity contribution in [1.82, 2.24) is 9.80 Å². The number of nitrogens with zero attached hydrogens (tertiary/aromatic N) is 2. The van der Waals surface area contributed by atoms with Gasteiger partial charge in [-0.2, -0.15) is 0 Å². The van der Waals surface area contributed by atoms with E-state index >= 15 is 0 Å². The number of rotatable bonds is 9. The lowest BCUT2D eigenvalue weighted by Crippen LogP contribution is -2.38. The standard InChI is InChI=1S/C25H29ClN2O5/c1-5-27(6-2)13-14-28-22(16-7-10-18(32-3)11-8-16)21(24(30)25(28)31)23(29)17-9-12-20(33-4)19(26)15-17/h7-12,15,22,29H,5-6,13-14H2,1-4H3/b23-21-. The van der Waals surface area contributed by atoms with E-state index in [-0.39, 0.29) is 11.3 Å². The Morgan fingerprint density at radius 1 is 1.06 bits per heavy atom. The number of amides is 1. The second-order valence-corrected chi connectivity index (χ2v) is 8.05. The van der Waals surface area contributed by atoms with Crippen LogP contribution < -0.4 is 9.47 Å². The normalized spacial score (nSPS) is 17.6.